The molecule has 1 fully saturated rings. The minimum atomic E-state index is -0.0560. The number of nitrogens with one attached hydrogen (secondary N) is 1. The zero-order valence-corrected chi connectivity index (χ0v) is 14.5. The Morgan fingerprint density at radius 3 is 2.78 bits per heavy atom. The molecule has 1 aliphatic rings. The second-order valence-corrected chi connectivity index (χ2v) is 6.43. The average Bonchev–Trinajstić information content (AvgIpc) is 3.37. The molecular formula is C21H17N5O. The number of imidazole rings is 1. The van der Waals surface area contributed by atoms with Crippen molar-refractivity contribution >= 4 is 22.5 Å². The van der Waals surface area contributed by atoms with E-state index < -0.39 is 0 Å². The summed E-state index contributed by atoms with van der Waals surface area (Å²) in [5.41, 5.74) is 2.89. The van der Waals surface area contributed by atoms with Crippen molar-refractivity contribution in [2.75, 3.05) is 18.0 Å². The van der Waals surface area contributed by atoms with Gasteiger partial charge < -0.3 is 5.32 Å². The first-order valence-electron chi connectivity index (χ1n) is 8.83. The molecule has 1 N–H and O–H groups in total. The van der Waals surface area contributed by atoms with E-state index in [0.717, 1.165) is 33.5 Å². The molecule has 1 saturated heterocycles. The van der Waals surface area contributed by atoms with Crippen molar-refractivity contribution in [3.05, 3.63) is 73.3 Å². The van der Waals surface area contributed by atoms with Crippen LogP contribution in [0.4, 0.5) is 10.5 Å². The molecule has 2 aromatic carbocycles. The number of hydrogen-bond donors (Lipinski definition) is 1. The van der Waals surface area contributed by atoms with Gasteiger partial charge in [-0.1, -0.05) is 24.3 Å². The lowest BCUT2D eigenvalue weighted by Crippen LogP contribution is -2.27. The van der Waals surface area contributed by atoms with E-state index in [1.807, 2.05) is 59.4 Å². The quantitative estimate of drug-likeness (QED) is 0.610. The third-order valence-electron chi connectivity index (χ3n) is 4.84. The molecule has 132 valence electrons. The molecule has 0 bridgehead atoms. The molecule has 0 radical (unpaired) electrons. The number of nitrogens with zero attached hydrogens (tertiary/aromatic N) is 4. The lowest BCUT2D eigenvalue weighted by atomic mass is 10.1. The van der Waals surface area contributed by atoms with E-state index in [-0.39, 0.29) is 6.03 Å². The van der Waals surface area contributed by atoms with Crippen LogP contribution in [0.5, 0.6) is 0 Å². The Hall–Kier alpha value is -3.67. The van der Waals surface area contributed by atoms with E-state index >= 15 is 0 Å². The number of amides is 2. The minimum Gasteiger partial charge on any atom is -0.336 e. The van der Waals surface area contributed by atoms with Gasteiger partial charge in [0.25, 0.3) is 0 Å². The Morgan fingerprint density at radius 2 is 1.89 bits per heavy atom. The fourth-order valence-electron chi connectivity index (χ4n) is 3.56. The van der Waals surface area contributed by atoms with Gasteiger partial charge in [0.1, 0.15) is 5.82 Å². The van der Waals surface area contributed by atoms with E-state index in [2.05, 4.69) is 21.4 Å². The van der Waals surface area contributed by atoms with Crippen LogP contribution in [0.1, 0.15) is 0 Å². The number of aromatic nitrogens is 3. The van der Waals surface area contributed by atoms with Crippen LogP contribution in [0.25, 0.3) is 27.8 Å². The standard InChI is InChI=1S/C21H17N5O/c27-21-24-10-12-26(21)17-5-2-4-16(13-17)25-11-9-23-20(25)19-6-1-3-15-14-22-8-7-18(15)19/h1-9,11,13-14H,10,12H2,(H,24,27). The van der Waals surface area contributed by atoms with Gasteiger partial charge >= 0.3 is 6.03 Å². The van der Waals surface area contributed by atoms with Gasteiger partial charge in [-0.25, -0.2) is 9.78 Å². The van der Waals surface area contributed by atoms with Gasteiger partial charge in [-0.15, -0.1) is 0 Å². The highest BCUT2D eigenvalue weighted by Crippen LogP contribution is 2.30. The van der Waals surface area contributed by atoms with Crippen molar-refractivity contribution in [1.82, 2.24) is 19.9 Å². The number of benzene rings is 2. The molecule has 0 aliphatic carbocycles. The van der Waals surface area contributed by atoms with Crippen LogP contribution in [0.15, 0.2) is 73.3 Å². The van der Waals surface area contributed by atoms with Crippen LogP contribution in [-0.2, 0) is 0 Å². The molecule has 2 aromatic heterocycles. The fraction of sp³-hybridized carbons (Fsp3) is 0.0952. The summed E-state index contributed by atoms with van der Waals surface area (Å²) in [7, 11) is 0. The number of carbonyl (C=O) groups is 1. The predicted molar refractivity (Wildman–Crippen MR) is 105 cm³/mol. The second kappa shape index (κ2) is 6.25. The lowest BCUT2D eigenvalue weighted by molar-refractivity contribution is 0.252. The maximum absolute atomic E-state index is 12.0. The predicted octanol–water partition coefficient (Wildman–Crippen LogP) is 3.62. The van der Waals surface area contributed by atoms with E-state index in [1.165, 1.54) is 0 Å². The first-order valence-corrected chi connectivity index (χ1v) is 8.83. The summed E-state index contributed by atoms with van der Waals surface area (Å²) in [4.78, 5) is 22.6. The van der Waals surface area contributed by atoms with Crippen LogP contribution in [0, 0.1) is 0 Å². The van der Waals surface area contributed by atoms with Gasteiger partial charge in [0.2, 0.25) is 0 Å². The van der Waals surface area contributed by atoms with Crippen LogP contribution in [0.3, 0.4) is 0 Å². The second-order valence-electron chi connectivity index (χ2n) is 6.43. The molecule has 6 heteroatoms. The molecule has 2 amide bonds. The number of carbonyl (C=O) groups excluding carboxylic acids is 1. The van der Waals surface area contributed by atoms with Gasteiger partial charge in [-0.05, 0) is 29.7 Å². The molecule has 27 heavy (non-hydrogen) atoms. The lowest BCUT2D eigenvalue weighted by Gasteiger charge is -2.16. The Bertz CT molecular complexity index is 1140. The van der Waals surface area contributed by atoms with Crippen molar-refractivity contribution in [3.63, 3.8) is 0 Å². The molecule has 1 aliphatic heterocycles. The average molecular weight is 355 g/mol. The summed E-state index contributed by atoms with van der Waals surface area (Å²) in [6.07, 6.45) is 7.40. The largest absolute Gasteiger partial charge is 0.336 e. The summed E-state index contributed by atoms with van der Waals surface area (Å²) in [5, 5.41) is 5.02. The molecule has 0 spiro atoms. The first kappa shape index (κ1) is 15.6. The maximum atomic E-state index is 12.0. The Labute approximate surface area is 156 Å². The Morgan fingerprint density at radius 1 is 1.00 bits per heavy atom. The Kier molecular flexibility index (Phi) is 3.60. The highest BCUT2D eigenvalue weighted by Gasteiger charge is 2.21. The zero-order chi connectivity index (χ0) is 18.2. The molecule has 0 unspecified atom stereocenters. The zero-order valence-electron chi connectivity index (χ0n) is 14.5. The molecule has 0 atom stereocenters. The van der Waals surface area contributed by atoms with Crippen LogP contribution < -0.4 is 10.2 Å². The Balaban J connectivity index is 1.63. The van der Waals surface area contributed by atoms with Gasteiger partial charge in [-0.3, -0.25) is 14.5 Å². The number of anilines is 1. The molecule has 4 aromatic rings. The third-order valence-corrected chi connectivity index (χ3v) is 4.84. The van der Waals surface area contributed by atoms with Gasteiger partial charge in [-0.2, -0.15) is 0 Å². The first-order chi connectivity index (χ1) is 13.3. The van der Waals surface area contributed by atoms with E-state index in [1.54, 1.807) is 17.3 Å². The maximum Gasteiger partial charge on any atom is 0.321 e. The van der Waals surface area contributed by atoms with Crippen LogP contribution in [-0.4, -0.2) is 33.7 Å². The summed E-state index contributed by atoms with van der Waals surface area (Å²) in [6.45, 7) is 1.35. The highest BCUT2D eigenvalue weighted by molar-refractivity contribution is 5.95. The summed E-state index contributed by atoms with van der Waals surface area (Å²) < 4.78 is 2.05. The summed E-state index contributed by atoms with van der Waals surface area (Å²) in [5.74, 6) is 0.856. The molecule has 0 saturated carbocycles. The van der Waals surface area contributed by atoms with Crippen molar-refractivity contribution in [2.45, 2.75) is 0 Å². The van der Waals surface area contributed by atoms with E-state index in [4.69, 9.17) is 0 Å². The number of pyridine rings is 1. The van der Waals surface area contributed by atoms with Crippen LogP contribution in [0.2, 0.25) is 0 Å². The van der Waals surface area contributed by atoms with E-state index in [0.29, 0.717) is 13.1 Å². The van der Waals surface area contributed by atoms with Gasteiger partial charge in [0, 0.05) is 60.2 Å². The van der Waals surface area contributed by atoms with Crippen molar-refractivity contribution in [3.8, 4) is 17.1 Å². The SMILES string of the molecule is O=C1NCCN1c1cccc(-n2ccnc2-c2cccc3cnccc23)c1. The number of fused-ring (bicyclic) bond motifs is 1. The van der Waals surface area contributed by atoms with Crippen molar-refractivity contribution < 1.29 is 4.79 Å². The molecule has 5 rings (SSSR count). The summed E-state index contributed by atoms with van der Waals surface area (Å²) >= 11 is 0. The van der Waals surface area contributed by atoms with Gasteiger partial charge in [0.05, 0.1) is 0 Å². The van der Waals surface area contributed by atoms with Crippen LogP contribution >= 0.6 is 0 Å². The third kappa shape index (κ3) is 2.62. The smallest absolute Gasteiger partial charge is 0.321 e. The number of hydrogen-bond acceptors (Lipinski definition) is 3. The fourth-order valence-corrected chi connectivity index (χ4v) is 3.56. The summed E-state index contributed by atoms with van der Waals surface area (Å²) in [6, 6.07) is 16.0. The molecule has 6 nitrogen and oxygen atoms in total. The molecular weight excluding hydrogens is 338 g/mol. The van der Waals surface area contributed by atoms with Gasteiger partial charge in [0.15, 0.2) is 0 Å². The van der Waals surface area contributed by atoms with E-state index in [9.17, 15) is 4.79 Å². The van der Waals surface area contributed by atoms with Crippen molar-refractivity contribution in [1.29, 1.82) is 0 Å². The number of rotatable bonds is 3. The normalized spacial score (nSPS) is 13.9. The monoisotopic (exact) mass is 355 g/mol. The minimum absolute atomic E-state index is 0.0560. The molecule has 3 heterocycles. The van der Waals surface area contributed by atoms with Crippen molar-refractivity contribution in [2.24, 2.45) is 0 Å². The number of urea groups is 1. The highest BCUT2D eigenvalue weighted by atomic mass is 16.2. The topological polar surface area (TPSA) is 63.1 Å².